The molecule has 0 bridgehead atoms. The maximum atomic E-state index is 5.98. The molecule has 164 valence electrons. The highest BCUT2D eigenvalue weighted by Crippen LogP contribution is 2.23. The largest absolute Gasteiger partial charge is 0.353 e. The predicted molar refractivity (Wildman–Crippen MR) is 121 cm³/mol. The van der Waals surface area contributed by atoms with E-state index in [1.54, 1.807) is 0 Å². The van der Waals surface area contributed by atoms with Gasteiger partial charge in [0, 0.05) is 18.6 Å². The van der Waals surface area contributed by atoms with Crippen molar-refractivity contribution >= 4 is 0 Å². The zero-order chi connectivity index (χ0) is 21.3. The van der Waals surface area contributed by atoms with Crippen LogP contribution < -0.4 is 0 Å². The van der Waals surface area contributed by atoms with Crippen molar-refractivity contribution in [2.45, 2.75) is 71.2 Å². The zero-order valence-electron chi connectivity index (χ0n) is 18.4. The predicted octanol–water partition coefficient (Wildman–Crippen LogP) is 5.91. The van der Waals surface area contributed by atoms with E-state index >= 15 is 0 Å². The topological polar surface area (TPSA) is 57.4 Å². The SMILES string of the molecule is CCc1cc(-c2noc(CCCCc3ccccc3)n2)ccc1COC1CCCCO1. The molecule has 4 rings (SSSR count). The lowest BCUT2D eigenvalue weighted by atomic mass is 10.0. The summed E-state index contributed by atoms with van der Waals surface area (Å²) in [5.74, 6) is 1.37. The summed E-state index contributed by atoms with van der Waals surface area (Å²) in [4.78, 5) is 4.62. The summed E-state index contributed by atoms with van der Waals surface area (Å²) in [5, 5.41) is 4.21. The van der Waals surface area contributed by atoms with Crippen LogP contribution in [0.2, 0.25) is 0 Å². The fourth-order valence-electron chi connectivity index (χ4n) is 3.98. The highest BCUT2D eigenvalue weighted by molar-refractivity contribution is 5.57. The van der Waals surface area contributed by atoms with Crippen LogP contribution in [-0.4, -0.2) is 23.0 Å². The minimum absolute atomic E-state index is 0.0696. The molecule has 0 radical (unpaired) electrons. The van der Waals surface area contributed by atoms with E-state index in [-0.39, 0.29) is 6.29 Å². The first-order chi connectivity index (χ1) is 15.3. The highest BCUT2D eigenvalue weighted by Gasteiger charge is 2.16. The second kappa shape index (κ2) is 11.2. The Hall–Kier alpha value is -2.50. The van der Waals surface area contributed by atoms with Crippen molar-refractivity contribution in [3.63, 3.8) is 0 Å². The highest BCUT2D eigenvalue weighted by atomic mass is 16.7. The maximum absolute atomic E-state index is 5.98. The smallest absolute Gasteiger partial charge is 0.226 e. The quantitative estimate of drug-likeness (QED) is 0.382. The molecule has 5 heteroatoms. The van der Waals surface area contributed by atoms with E-state index in [4.69, 9.17) is 14.0 Å². The van der Waals surface area contributed by atoms with Gasteiger partial charge in [0.25, 0.3) is 0 Å². The number of rotatable bonds is 10. The van der Waals surface area contributed by atoms with Crippen LogP contribution in [-0.2, 0) is 35.3 Å². The Bertz CT molecular complexity index is 933. The Morgan fingerprint density at radius 3 is 2.68 bits per heavy atom. The number of ether oxygens (including phenoxy) is 2. The van der Waals surface area contributed by atoms with Gasteiger partial charge >= 0.3 is 0 Å². The lowest BCUT2D eigenvalue weighted by Crippen LogP contribution is -2.22. The van der Waals surface area contributed by atoms with E-state index in [9.17, 15) is 0 Å². The molecule has 1 aliphatic rings. The molecule has 1 aliphatic heterocycles. The first-order valence-corrected chi connectivity index (χ1v) is 11.5. The van der Waals surface area contributed by atoms with Crippen LogP contribution in [0.15, 0.2) is 53.1 Å². The molecule has 31 heavy (non-hydrogen) atoms. The molecule has 1 saturated heterocycles. The lowest BCUT2D eigenvalue weighted by Gasteiger charge is -2.23. The van der Waals surface area contributed by atoms with E-state index in [1.165, 1.54) is 23.1 Å². The summed E-state index contributed by atoms with van der Waals surface area (Å²) >= 11 is 0. The molecule has 0 saturated carbocycles. The standard InChI is InChI=1S/C26H32N2O3/c1-2-21-18-22(15-16-23(21)19-30-25-14-8-9-17-29-25)26-27-24(31-28-26)13-7-6-12-20-10-4-3-5-11-20/h3-5,10-11,15-16,18,25H,2,6-9,12-14,17,19H2,1H3. The monoisotopic (exact) mass is 420 g/mol. The van der Waals surface area contributed by atoms with Crippen LogP contribution >= 0.6 is 0 Å². The van der Waals surface area contributed by atoms with E-state index in [1.807, 2.05) is 0 Å². The molecule has 3 aromatic rings. The molecular formula is C26H32N2O3. The van der Waals surface area contributed by atoms with Gasteiger partial charge in [0.15, 0.2) is 6.29 Å². The molecular weight excluding hydrogens is 388 g/mol. The van der Waals surface area contributed by atoms with Gasteiger partial charge in [-0.2, -0.15) is 4.98 Å². The van der Waals surface area contributed by atoms with E-state index < -0.39 is 0 Å². The first kappa shape index (κ1) is 21.7. The summed E-state index contributed by atoms with van der Waals surface area (Å²) in [6.45, 7) is 3.54. The van der Waals surface area contributed by atoms with Crippen molar-refractivity contribution in [3.05, 3.63) is 71.1 Å². The number of unbranched alkanes of at least 4 members (excludes halogenated alkanes) is 1. The minimum Gasteiger partial charge on any atom is -0.353 e. The van der Waals surface area contributed by atoms with Gasteiger partial charge in [0.1, 0.15) is 0 Å². The zero-order valence-corrected chi connectivity index (χ0v) is 18.4. The summed E-state index contributed by atoms with van der Waals surface area (Å²) in [7, 11) is 0. The third kappa shape index (κ3) is 6.25. The lowest BCUT2D eigenvalue weighted by molar-refractivity contribution is -0.169. The summed E-state index contributed by atoms with van der Waals surface area (Å²) in [5.41, 5.74) is 4.82. The molecule has 0 aliphatic carbocycles. The molecule has 5 nitrogen and oxygen atoms in total. The van der Waals surface area contributed by atoms with Crippen LogP contribution in [0.4, 0.5) is 0 Å². The molecule has 2 heterocycles. The van der Waals surface area contributed by atoms with Crippen molar-refractivity contribution in [1.29, 1.82) is 0 Å². The Morgan fingerprint density at radius 2 is 1.87 bits per heavy atom. The molecule has 1 fully saturated rings. The summed E-state index contributed by atoms with van der Waals surface area (Å²) in [6.07, 6.45) is 8.20. The summed E-state index contributed by atoms with van der Waals surface area (Å²) < 4.78 is 17.2. The van der Waals surface area contributed by atoms with E-state index in [0.717, 1.165) is 57.1 Å². The minimum atomic E-state index is -0.0696. The van der Waals surface area contributed by atoms with Crippen LogP contribution in [0, 0.1) is 0 Å². The van der Waals surface area contributed by atoms with Crippen molar-refractivity contribution < 1.29 is 14.0 Å². The first-order valence-electron chi connectivity index (χ1n) is 11.5. The third-order valence-corrected chi connectivity index (χ3v) is 5.83. The van der Waals surface area contributed by atoms with Gasteiger partial charge in [-0.05, 0) is 67.7 Å². The van der Waals surface area contributed by atoms with Gasteiger partial charge in [-0.3, -0.25) is 0 Å². The molecule has 0 N–H and O–H groups in total. The van der Waals surface area contributed by atoms with Gasteiger partial charge in [-0.25, -0.2) is 0 Å². The Labute approximate surface area is 184 Å². The van der Waals surface area contributed by atoms with E-state index in [0.29, 0.717) is 18.3 Å². The maximum Gasteiger partial charge on any atom is 0.226 e. The number of nitrogens with zero attached hydrogens (tertiary/aromatic N) is 2. The van der Waals surface area contributed by atoms with Crippen molar-refractivity contribution in [3.8, 4) is 11.4 Å². The number of aryl methyl sites for hydroxylation is 3. The number of hydrogen-bond donors (Lipinski definition) is 0. The number of hydrogen-bond acceptors (Lipinski definition) is 5. The van der Waals surface area contributed by atoms with Gasteiger partial charge in [-0.15, -0.1) is 0 Å². The summed E-state index contributed by atoms with van der Waals surface area (Å²) in [6, 6.07) is 16.9. The molecule has 0 spiro atoms. The Balaban J connectivity index is 1.31. The Morgan fingerprint density at radius 1 is 1.00 bits per heavy atom. The Kier molecular flexibility index (Phi) is 7.86. The van der Waals surface area contributed by atoms with Crippen LogP contribution in [0.1, 0.15) is 61.6 Å². The van der Waals surface area contributed by atoms with Crippen molar-refractivity contribution in [2.75, 3.05) is 6.61 Å². The fraction of sp³-hybridized carbons (Fsp3) is 0.462. The van der Waals surface area contributed by atoms with Gasteiger partial charge in [-0.1, -0.05) is 54.5 Å². The number of aromatic nitrogens is 2. The van der Waals surface area contributed by atoms with Crippen LogP contribution in [0.5, 0.6) is 0 Å². The van der Waals surface area contributed by atoms with Gasteiger partial charge in [0.05, 0.1) is 6.61 Å². The fourth-order valence-corrected chi connectivity index (χ4v) is 3.98. The van der Waals surface area contributed by atoms with Crippen molar-refractivity contribution in [2.24, 2.45) is 0 Å². The molecule has 1 aromatic heterocycles. The molecule has 0 amide bonds. The van der Waals surface area contributed by atoms with Crippen LogP contribution in [0.25, 0.3) is 11.4 Å². The molecule has 2 aromatic carbocycles. The van der Waals surface area contributed by atoms with Crippen molar-refractivity contribution in [1.82, 2.24) is 10.1 Å². The third-order valence-electron chi connectivity index (χ3n) is 5.83. The van der Waals surface area contributed by atoms with E-state index in [2.05, 4.69) is 65.6 Å². The average Bonchev–Trinajstić information content (AvgIpc) is 3.31. The van der Waals surface area contributed by atoms with Gasteiger partial charge in [0.2, 0.25) is 11.7 Å². The average molecular weight is 421 g/mol. The van der Waals surface area contributed by atoms with Gasteiger partial charge < -0.3 is 14.0 Å². The second-order valence-electron chi connectivity index (χ2n) is 8.15. The van der Waals surface area contributed by atoms with Crippen LogP contribution in [0.3, 0.4) is 0 Å². The molecule has 1 atom stereocenters. The number of benzene rings is 2. The normalized spacial score (nSPS) is 16.5. The molecule has 1 unspecified atom stereocenters. The second-order valence-corrected chi connectivity index (χ2v) is 8.15.